The van der Waals surface area contributed by atoms with E-state index in [0.717, 1.165) is 18.4 Å². The van der Waals surface area contributed by atoms with Gasteiger partial charge in [0.25, 0.3) is 0 Å². The lowest BCUT2D eigenvalue weighted by Gasteiger charge is -2.42. The predicted molar refractivity (Wildman–Crippen MR) is 73.9 cm³/mol. The SMILES string of the molecule is NC1CCCC1C1CCC1c1ccc(OC(F)(F)F)cc1. The fourth-order valence-electron chi connectivity index (χ4n) is 3.92. The third kappa shape index (κ3) is 3.18. The third-order valence-corrected chi connectivity index (χ3v) is 5.04. The van der Waals surface area contributed by atoms with Crippen molar-refractivity contribution in [3.63, 3.8) is 0 Å². The number of rotatable bonds is 3. The van der Waals surface area contributed by atoms with Crippen LogP contribution in [0.5, 0.6) is 5.75 Å². The summed E-state index contributed by atoms with van der Waals surface area (Å²) in [5.41, 5.74) is 7.29. The van der Waals surface area contributed by atoms with E-state index in [0.29, 0.717) is 23.8 Å². The Balaban J connectivity index is 1.67. The largest absolute Gasteiger partial charge is 0.573 e. The molecule has 5 heteroatoms. The van der Waals surface area contributed by atoms with Gasteiger partial charge in [0.2, 0.25) is 0 Å². The van der Waals surface area contributed by atoms with E-state index in [4.69, 9.17) is 5.73 Å². The van der Waals surface area contributed by atoms with Crippen LogP contribution in [0.1, 0.15) is 43.6 Å². The quantitative estimate of drug-likeness (QED) is 0.907. The van der Waals surface area contributed by atoms with E-state index in [-0.39, 0.29) is 5.75 Å². The Hall–Kier alpha value is -1.23. The van der Waals surface area contributed by atoms with Gasteiger partial charge in [-0.05, 0) is 61.1 Å². The molecular formula is C16H20F3NO. The molecule has 0 saturated heterocycles. The van der Waals surface area contributed by atoms with Crippen LogP contribution in [0.25, 0.3) is 0 Å². The van der Waals surface area contributed by atoms with Crippen LogP contribution in [-0.2, 0) is 0 Å². The maximum Gasteiger partial charge on any atom is 0.573 e. The average Bonchev–Trinajstić information content (AvgIpc) is 2.75. The predicted octanol–water partition coefficient (Wildman–Crippen LogP) is 4.21. The van der Waals surface area contributed by atoms with Crippen LogP contribution in [0.2, 0.25) is 0 Å². The molecule has 0 amide bonds. The van der Waals surface area contributed by atoms with E-state index < -0.39 is 6.36 Å². The van der Waals surface area contributed by atoms with Gasteiger partial charge < -0.3 is 10.5 Å². The van der Waals surface area contributed by atoms with Gasteiger partial charge in [-0.1, -0.05) is 18.6 Å². The zero-order valence-electron chi connectivity index (χ0n) is 11.8. The number of alkyl halides is 3. The van der Waals surface area contributed by atoms with Gasteiger partial charge in [-0.15, -0.1) is 13.2 Å². The van der Waals surface area contributed by atoms with Gasteiger partial charge in [0.1, 0.15) is 5.75 Å². The normalized spacial score (nSPS) is 32.8. The Morgan fingerprint density at radius 3 is 2.14 bits per heavy atom. The van der Waals surface area contributed by atoms with E-state index in [1.807, 2.05) is 0 Å². The Morgan fingerprint density at radius 2 is 1.67 bits per heavy atom. The highest BCUT2D eigenvalue weighted by Gasteiger charge is 2.41. The van der Waals surface area contributed by atoms with Crippen LogP contribution in [0.15, 0.2) is 24.3 Å². The highest BCUT2D eigenvalue weighted by atomic mass is 19.4. The molecule has 2 aliphatic carbocycles. The highest BCUT2D eigenvalue weighted by Crippen LogP contribution is 2.50. The van der Waals surface area contributed by atoms with Crippen LogP contribution in [0, 0.1) is 11.8 Å². The maximum atomic E-state index is 12.2. The molecule has 2 saturated carbocycles. The molecule has 0 heterocycles. The summed E-state index contributed by atoms with van der Waals surface area (Å²) in [6.07, 6.45) is 1.16. The van der Waals surface area contributed by atoms with Crippen LogP contribution < -0.4 is 10.5 Å². The summed E-state index contributed by atoms with van der Waals surface area (Å²) in [7, 11) is 0. The molecule has 4 unspecified atom stereocenters. The number of halogens is 3. The van der Waals surface area contributed by atoms with Gasteiger partial charge in [-0.25, -0.2) is 0 Å². The number of ether oxygens (including phenoxy) is 1. The van der Waals surface area contributed by atoms with E-state index in [1.54, 1.807) is 12.1 Å². The summed E-state index contributed by atoms with van der Waals surface area (Å²) in [6, 6.07) is 6.64. The first-order chi connectivity index (χ1) is 9.94. The Bertz CT molecular complexity index is 485. The molecule has 0 bridgehead atoms. The summed E-state index contributed by atoms with van der Waals surface area (Å²) in [5.74, 6) is 1.46. The minimum absolute atomic E-state index is 0.153. The minimum Gasteiger partial charge on any atom is -0.406 e. The molecule has 4 atom stereocenters. The van der Waals surface area contributed by atoms with Crippen molar-refractivity contribution in [3.05, 3.63) is 29.8 Å². The molecule has 0 radical (unpaired) electrons. The number of hydrogen-bond donors (Lipinski definition) is 1. The first-order valence-corrected chi connectivity index (χ1v) is 7.55. The van der Waals surface area contributed by atoms with Crippen molar-refractivity contribution in [1.82, 2.24) is 0 Å². The zero-order valence-corrected chi connectivity index (χ0v) is 11.8. The van der Waals surface area contributed by atoms with Crippen molar-refractivity contribution in [2.45, 2.75) is 50.4 Å². The van der Waals surface area contributed by atoms with Crippen molar-refractivity contribution >= 4 is 0 Å². The first kappa shape index (κ1) is 14.7. The first-order valence-electron chi connectivity index (χ1n) is 7.55. The molecule has 0 aliphatic heterocycles. The third-order valence-electron chi connectivity index (χ3n) is 5.04. The van der Waals surface area contributed by atoms with Crippen LogP contribution in [0.3, 0.4) is 0 Å². The Labute approximate surface area is 122 Å². The summed E-state index contributed by atoms with van der Waals surface area (Å²) in [5, 5.41) is 0. The van der Waals surface area contributed by atoms with Crippen molar-refractivity contribution < 1.29 is 17.9 Å². The molecule has 2 nitrogen and oxygen atoms in total. The van der Waals surface area contributed by atoms with E-state index in [2.05, 4.69) is 4.74 Å². The molecule has 3 rings (SSSR count). The average molecular weight is 299 g/mol. The molecule has 1 aromatic carbocycles. The Kier molecular flexibility index (Phi) is 3.86. The van der Waals surface area contributed by atoms with Gasteiger partial charge in [0.05, 0.1) is 0 Å². The number of hydrogen-bond acceptors (Lipinski definition) is 2. The molecule has 1 aromatic rings. The van der Waals surface area contributed by atoms with E-state index in [1.165, 1.54) is 31.4 Å². The van der Waals surface area contributed by atoms with Crippen molar-refractivity contribution in [2.24, 2.45) is 17.6 Å². The van der Waals surface area contributed by atoms with E-state index in [9.17, 15) is 13.2 Å². The Morgan fingerprint density at radius 1 is 0.952 bits per heavy atom. The fraction of sp³-hybridized carbons (Fsp3) is 0.625. The van der Waals surface area contributed by atoms with E-state index >= 15 is 0 Å². The van der Waals surface area contributed by atoms with Crippen molar-refractivity contribution in [3.8, 4) is 5.75 Å². The molecule has 116 valence electrons. The molecule has 21 heavy (non-hydrogen) atoms. The van der Waals surface area contributed by atoms with Gasteiger partial charge in [0.15, 0.2) is 0 Å². The summed E-state index contributed by atoms with van der Waals surface area (Å²) >= 11 is 0. The molecule has 0 aromatic heterocycles. The van der Waals surface area contributed by atoms with Crippen LogP contribution in [-0.4, -0.2) is 12.4 Å². The smallest absolute Gasteiger partial charge is 0.406 e. The summed E-state index contributed by atoms with van der Waals surface area (Å²) < 4.78 is 40.4. The van der Waals surface area contributed by atoms with Gasteiger partial charge >= 0.3 is 6.36 Å². The molecule has 2 aliphatic rings. The topological polar surface area (TPSA) is 35.2 Å². The zero-order chi connectivity index (χ0) is 15.0. The lowest BCUT2D eigenvalue weighted by Crippen LogP contribution is -2.38. The number of nitrogens with two attached hydrogens (primary N) is 1. The monoisotopic (exact) mass is 299 g/mol. The highest BCUT2D eigenvalue weighted by molar-refractivity contribution is 5.31. The summed E-state index contributed by atoms with van der Waals surface area (Å²) in [4.78, 5) is 0. The molecule has 2 N–H and O–H groups in total. The lowest BCUT2D eigenvalue weighted by molar-refractivity contribution is -0.274. The maximum absolute atomic E-state index is 12.2. The van der Waals surface area contributed by atoms with Gasteiger partial charge in [-0.2, -0.15) is 0 Å². The lowest BCUT2D eigenvalue weighted by atomic mass is 9.63. The number of benzene rings is 1. The van der Waals surface area contributed by atoms with Gasteiger partial charge in [-0.3, -0.25) is 0 Å². The molecule has 2 fully saturated rings. The second-order valence-electron chi connectivity index (χ2n) is 6.22. The minimum atomic E-state index is -4.63. The standard InChI is InChI=1S/C16H20F3NO/c17-16(18,19)21-11-6-4-10(5-7-11)12-8-9-13(12)14-2-1-3-15(14)20/h4-7,12-15H,1-3,8-9,20H2. The van der Waals surface area contributed by atoms with Crippen molar-refractivity contribution in [2.75, 3.05) is 0 Å². The van der Waals surface area contributed by atoms with Crippen LogP contribution >= 0.6 is 0 Å². The fourth-order valence-corrected chi connectivity index (χ4v) is 3.92. The van der Waals surface area contributed by atoms with Gasteiger partial charge in [0, 0.05) is 6.04 Å². The second kappa shape index (κ2) is 5.52. The van der Waals surface area contributed by atoms with Crippen LogP contribution in [0.4, 0.5) is 13.2 Å². The molecule has 0 spiro atoms. The summed E-state index contributed by atoms with van der Waals surface area (Å²) in [6.45, 7) is 0. The van der Waals surface area contributed by atoms with Crippen molar-refractivity contribution in [1.29, 1.82) is 0 Å². The molecular weight excluding hydrogens is 279 g/mol. The second-order valence-corrected chi connectivity index (χ2v) is 6.22.